The highest BCUT2D eigenvalue weighted by Gasteiger charge is 2.05. The van der Waals surface area contributed by atoms with Gasteiger partial charge in [0.1, 0.15) is 5.84 Å². The van der Waals surface area contributed by atoms with Crippen LogP contribution in [0, 0.1) is 5.41 Å². The van der Waals surface area contributed by atoms with Crippen molar-refractivity contribution in [2.24, 2.45) is 5.73 Å². The van der Waals surface area contributed by atoms with E-state index < -0.39 is 0 Å². The maximum absolute atomic E-state index is 7.52. The zero-order valence-corrected chi connectivity index (χ0v) is 12.0. The highest BCUT2D eigenvalue weighted by molar-refractivity contribution is 9.10. The van der Waals surface area contributed by atoms with E-state index in [1.54, 1.807) is 0 Å². The van der Waals surface area contributed by atoms with Crippen molar-refractivity contribution < 1.29 is 4.74 Å². The standard InChI is InChI=1S/C15H15BrN2O/c16-14-8-4-2-6-12(14)10-19-9-11-5-1-3-7-13(11)15(17)18/h1-8H,9-10H2,(H3,17,18). The maximum atomic E-state index is 7.52. The van der Waals surface area contributed by atoms with Crippen molar-refractivity contribution in [3.8, 4) is 0 Å². The lowest BCUT2D eigenvalue weighted by Gasteiger charge is -2.09. The van der Waals surface area contributed by atoms with Gasteiger partial charge >= 0.3 is 0 Å². The van der Waals surface area contributed by atoms with Crippen LogP contribution in [0.15, 0.2) is 53.0 Å². The largest absolute Gasteiger partial charge is 0.384 e. The average molecular weight is 319 g/mol. The molecule has 98 valence electrons. The zero-order chi connectivity index (χ0) is 13.7. The van der Waals surface area contributed by atoms with Crippen LogP contribution in [0.4, 0.5) is 0 Å². The minimum atomic E-state index is 0.0695. The second kappa shape index (κ2) is 6.50. The Morgan fingerprint density at radius 3 is 2.26 bits per heavy atom. The number of benzene rings is 2. The average Bonchev–Trinajstić information content (AvgIpc) is 2.41. The van der Waals surface area contributed by atoms with Gasteiger partial charge < -0.3 is 10.5 Å². The Balaban J connectivity index is 2.00. The first-order chi connectivity index (χ1) is 9.18. The molecular formula is C15H15BrN2O. The van der Waals surface area contributed by atoms with E-state index in [2.05, 4.69) is 15.9 Å². The molecule has 0 aliphatic rings. The molecule has 0 aliphatic carbocycles. The van der Waals surface area contributed by atoms with Crippen molar-refractivity contribution in [1.29, 1.82) is 5.41 Å². The summed E-state index contributed by atoms with van der Waals surface area (Å²) in [4.78, 5) is 0. The number of halogens is 1. The lowest BCUT2D eigenvalue weighted by molar-refractivity contribution is 0.106. The van der Waals surface area contributed by atoms with Crippen molar-refractivity contribution in [3.63, 3.8) is 0 Å². The Labute approximate surface area is 121 Å². The quantitative estimate of drug-likeness (QED) is 0.655. The summed E-state index contributed by atoms with van der Waals surface area (Å²) < 4.78 is 6.73. The third-order valence-corrected chi connectivity index (χ3v) is 3.55. The van der Waals surface area contributed by atoms with Gasteiger partial charge in [0, 0.05) is 10.0 Å². The van der Waals surface area contributed by atoms with Crippen LogP contribution in [-0.4, -0.2) is 5.84 Å². The van der Waals surface area contributed by atoms with Crippen LogP contribution in [0.3, 0.4) is 0 Å². The topological polar surface area (TPSA) is 59.1 Å². The van der Waals surface area contributed by atoms with Crippen molar-refractivity contribution in [2.75, 3.05) is 0 Å². The molecule has 0 spiro atoms. The zero-order valence-electron chi connectivity index (χ0n) is 10.4. The molecule has 0 bridgehead atoms. The first kappa shape index (κ1) is 13.8. The predicted octanol–water partition coefficient (Wildman–Crippen LogP) is 3.45. The summed E-state index contributed by atoms with van der Waals surface area (Å²) in [7, 11) is 0. The van der Waals surface area contributed by atoms with Gasteiger partial charge in [0.25, 0.3) is 0 Å². The number of amidine groups is 1. The molecule has 0 saturated heterocycles. The Morgan fingerprint density at radius 2 is 1.58 bits per heavy atom. The number of nitrogens with one attached hydrogen (secondary N) is 1. The van der Waals surface area contributed by atoms with Crippen LogP contribution >= 0.6 is 15.9 Å². The molecule has 0 heterocycles. The second-order valence-corrected chi connectivity index (χ2v) is 5.01. The molecule has 0 aromatic heterocycles. The lowest BCUT2D eigenvalue weighted by atomic mass is 10.1. The molecule has 4 heteroatoms. The number of hydrogen-bond donors (Lipinski definition) is 2. The van der Waals surface area contributed by atoms with Gasteiger partial charge in [-0.1, -0.05) is 58.4 Å². The molecule has 0 fully saturated rings. The van der Waals surface area contributed by atoms with E-state index in [0.29, 0.717) is 13.2 Å². The van der Waals surface area contributed by atoms with E-state index in [0.717, 1.165) is 21.2 Å². The Morgan fingerprint density at radius 1 is 1.00 bits per heavy atom. The van der Waals surface area contributed by atoms with Crippen LogP contribution in [0.2, 0.25) is 0 Å². The molecule has 0 aliphatic heterocycles. The van der Waals surface area contributed by atoms with Gasteiger partial charge in [0.05, 0.1) is 13.2 Å². The second-order valence-electron chi connectivity index (χ2n) is 4.16. The fourth-order valence-corrected chi connectivity index (χ4v) is 2.19. The van der Waals surface area contributed by atoms with E-state index in [9.17, 15) is 0 Å². The van der Waals surface area contributed by atoms with Crippen LogP contribution in [0.25, 0.3) is 0 Å². The van der Waals surface area contributed by atoms with Crippen LogP contribution in [-0.2, 0) is 18.0 Å². The van der Waals surface area contributed by atoms with Crippen molar-refractivity contribution in [2.45, 2.75) is 13.2 Å². The van der Waals surface area contributed by atoms with Crippen LogP contribution in [0.5, 0.6) is 0 Å². The molecule has 3 nitrogen and oxygen atoms in total. The number of ether oxygens (including phenoxy) is 1. The number of nitrogen functional groups attached to an aromatic ring is 1. The van der Waals surface area contributed by atoms with Crippen LogP contribution in [0.1, 0.15) is 16.7 Å². The monoisotopic (exact) mass is 318 g/mol. The Bertz CT molecular complexity index is 584. The summed E-state index contributed by atoms with van der Waals surface area (Å²) >= 11 is 3.49. The van der Waals surface area contributed by atoms with Crippen molar-refractivity contribution in [3.05, 3.63) is 69.7 Å². The summed E-state index contributed by atoms with van der Waals surface area (Å²) in [5, 5.41) is 7.52. The highest BCUT2D eigenvalue weighted by atomic mass is 79.9. The molecule has 0 atom stereocenters. The first-order valence-corrected chi connectivity index (χ1v) is 6.71. The summed E-state index contributed by atoms with van der Waals surface area (Å²) in [6.07, 6.45) is 0. The van der Waals surface area contributed by atoms with Gasteiger partial charge in [-0.05, 0) is 17.2 Å². The van der Waals surface area contributed by atoms with E-state index >= 15 is 0 Å². The fourth-order valence-electron chi connectivity index (χ4n) is 1.80. The smallest absolute Gasteiger partial charge is 0.123 e. The van der Waals surface area contributed by atoms with E-state index in [1.807, 2.05) is 48.5 Å². The Hall–Kier alpha value is -1.65. The SMILES string of the molecule is N=C(N)c1ccccc1COCc1ccccc1Br. The molecule has 0 unspecified atom stereocenters. The van der Waals surface area contributed by atoms with Crippen molar-refractivity contribution >= 4 is 21.8 Å². The molecule has 19 heavy (non-hydrogen) atoms. The van der Waals surface area contributed by atoms with Gasteiger partial charge in [0.15, 0.2) is 0 Å². The summed E-state index contributed by atoms with van der Waals surface area (Å²) in [5.74, 6) is 0.0695. The molecule has 3 N–H and O–H groups in total. The fraction of sp³-hybridized carbons (Fsp3) is 0.133. The summed E-state index contributed by atoms with van der Waals surface area (Å²) in [6, 6.07) is 15.5. The Kier molecular flexibility index (Phi) is 4.71. The van der Waals surface area contributed by atoms with Crippen LogP contribution < -0.4 is 5.73 Å². The van der Waals surface area contributed by atoms with E-state index in [1.165, 1.54) is 0 Å². The van der Waals surface area contributed by atoms with Gasteiger partial charge in [0.2, 0.25) is 0 Å². The molecular weight excluding hydrogens is 304 g/mol. The predicted molar refractivity (Wildman–Crippen MR) is 80.1 cm³/mol. The molecule has 0 saturated carbocycles. The van der Waals surface area contributed by atoms with Gasteiger partial charge in [-0.25, -0.2) is 0 Å². The molecule has 2 aromatic carbocycles. The summed E-state index contributed by atoms with van der Waals surface area (Å²) in [5.41, 5.74) is 8.31. The molecule has 0 amide bonds. The lowest BCUT2D eigenvalue weighted by Crippen LogP contribution is -2.14. The molecule has 0 radical (unpaired) electrons. The first-order valence-electron chi connectivity index (χ1n) is 5.92. The third kappa shape index (κ3) is 3.66. The van der Waals surface area contributed by atoms with Gasteiger partial charge in [-0.2, -0.15) is 0 Å². The third-order valence-electron chi connectivity index (χ3n) is 2.78. The van der Waals surface area contributed by atoms with E-state index in [4.69, 9.17) is 15.9 Å². The van der Waals surface area contributed by atoms with Crippen molar-refractivity contribution in [1.82, 2.24) is 0 Å². The van der Waals surface area contributed by atoms with E-state index in [-0.39, 0.29) is 5.84 Å². The molecule has 2 aromatic rings. The van der Waals surface area contributed by atoms with Gasteiger partial charge in [-0.3, -0.25) is 5.41 Å². The molecule has 2 rings (SSSR count). The number of nitrogens with two attached hydrogens (primary N) is 1. The minimum absolute atomic E-state index is 0.0695. The number of hydrogen-bond acceptors (Lipinski definition) is 2. The normalized spacial score (nSPS) is 10.4. The number of rotatable bonds is 5. The summed E-state index contributed by atoms with van der Waals surface area (Å²) in [6.45, 7) is 0.963. The highest BCUT2D eigenvalue weighted by Crippen LogP contribution is 2.18. The maximum Gasteiger partial charge on any atom is 0.123 e. The van der Waals surface area contributed by atoms with Gasteiger partial charge in [-0.15, -0.1) is 0 Å². The minimum Gasteiger partial charge on any atom is -0.384 e.